The number of fused-ring (bicyclic) bond motifs is 1. The van der Waals surface area contributed by atoms with E-state index in [1.807, 2.05) is 54.6 Å². The molecule has 0 atom stereocenters. The lowest BCUT2D eigenvalue weighted by Gasteiger charge is -2.09. The topological polar surface area (TPSA) is 65.7 Å². The molecule has 0 spiro atoms. The molecule has 0 aliphatic carbocycles. The van der Waals surface area contributed by atoms with Crippen LogP contribution in [-0.4, -0.2) is 12.6 Å². The van der Waals surface area contributed by atoms with Gasteiger partial charge in [0.2, 0.25) is 0 Å². The van der Waals surface area contributed by atoms with E-state index in [1.165, 1.54) is 6.07 Å². The van der Waals surface area contributed by atoms with Crippen molar-refractivity contribution in [2.24, 2.45) is 0 Å². The number of esters is 1. The summed E-state index contributed by atoms with van der Waals surface area (Å²) in [7, 11) is 0. The second kappa shape index (κ2) is 8.66. The average Bonchev–Trinajstić information content (AvgIpc) is 2.78. The fraction of sp³-hybridized carbons (Fsp3) is 0.120. The van der Waals surface area contributed by atoms with Crippen molar-refractivity contribution in [2.75, 3.05) is 6.61 Å². The summed E-state index contributed by atoms with van der Waals surface area (Å²) in [6, 6.07) is 23.5. The third kappa shape index (κ3) is 4.10. The van der Waals surface area contributed by atoms with Gasteiger partial charge in [0.15, 0.2) is 11.0 Å². The van der Waals surface area contributed by atoms with Crippen molar-refractivity contribution in [1.29, 1.82) is 0 Å². The zero-order valence-electron chi connectivity index (χ0n) is 16.5. The second-order valence-electron chi connectivity index (χ2n) is 6.68. The Hall–Kier alpha value is -3.86. The van der Waals surface area contributed by atoms with E-state index >= 15 is 0 Å². The lowest BCUT2D eigenvalue weighted by atomic mass is 10.1. The van der Waals surface area contributed by atoms with Gasteiger partial charge in [-0.15, -0.1) is 0 Å². The van der Waals surface area contributed by atoms with Crippen LogP contribution in [0, 0.1) is 0 Å². The van der Waals surface area contributed by atoms with Crippen molar-refractivity contribution in [3.8, 4) is 17.1 Å². The van der Waals surface area contributed by atoms with Crippen LogP contribution >= 0.6 is 0 Å². The molecule has 0 aliphatic rings. The summed E-state index contributed by atoms with van der Waals surface area (Å²) in [6.45, 7) is 2.43. The summed E-state index contributed by atoms with van der Waals surface area (Å²) in [5.74, 6) is 0.560. The molecule has 30 heavy (non-hydrogen) atoms. The fourth-order valence-corrected chi connectivity index (χ4v) is 3.15. The maximum Gasteiger partial charge on any atom is 0.341 e. The summed E-state index contributed by atoms with van der Waals surface area (Å²) >= 11 is 0. The molecule has 3 aromatic carbocycles. The molecule has 5 nitrogen and oxygen atoms in total. The van der Waals surface area contributed by atoms with E-state index in [2.05, 4.69) is 0 Å². The van der Waals surface area contributed by atoms with Gasteiger partial charge in [-0.2, -0.15) is 0 Å². The van der Waals surface area contributed by atoms with Crippen LogP contribution in [0.1, 0.15) is 22.8 Å². The van der Waals surface area contributed by atoms with Crippen LogP contribution in [0.25, 0.3) is 22.3 Å². The lowest BCUT2D eigenvalue weighted by Crippen LogP contribution is -2.08. The molecule has 5 heteroatoms. The van der Waals surface area contributed by atoms with Crippen LogP contribution in [-0.2, 0) is 11.3 Å². The van der Waals surface area contributed by atoms with E-state index in [0.717, 1.165) is 5.56 Å². The molecule has 0 amide bonds. The monoisotopic (exact) mass is 400 g/mol. The minimum atomic E-state index is -0.520. The number of benzene rings is 3. The summed E-state index contributed by atoms with van der Waals surface area (Å²) in [5, 5.41) is 0.340. The van der Waals surface area contributed by atoms with Crippen LogP contribution in [0.3, 0.4) is 0 Å². The van der Waals surface area contributed by atoms with Crippen molar-refractivity contribution >= 4 is 16.9 Å². The summed E-state index contributed by atoms with van der Waals surface area (Å²) < 4.78 is 16.8. The maximum atomic E-state index is 12.6. The quantitative estimate of drug-likeness (QED) is 0.415. The number of hydrogen-bond acceptors (Lipinski definition) is 5. The molecule has 4 aromatic rings. The molecule has 4 rings (SSSR count). The van der Waals surface area contributed by atoms with E-state index in [0.29, 0.717) is 29.1 Å². The van der Waals surface area contributed by atoms with E-state index in [-0.39, 0.29) is 23.2 Å². The van der Waals surface area contributed by atoms with E-state index in [4.69, 9.17) is 13.9 Å². The van der Waals surface area contributed by atoms with Crippen molar-refractivity contribution in [2.45, 2.75) is 13.5 Å². The van der Waals surface area contributed by atoms with Crippen molar-refractivity contribution in [3.05, 3.63) is 100 Å². The van der Waals surface area contributed by atoms with Gasteiger partial charge in [0.1, 0.15) is 23.7 Å². The predicted octanol–water partition coefficient (Wildman–Crippen LogP) is 5.22. The first kappa shape index (κ1) is 19.5. The molecule has 0 radical (unpaired) electrons. The molecule has 0 bridgehead atoms. The number of carbonyl (C=O) groups excluding carboxylic acids is 1. The number of rotatable bonds is 6. The Labute approximate surface area is 173 Å². The highest BCUT2D eigenvalue weighted by Crippen LogP contribution is 2.26. The highest BCUT2D eigenvalue weighted by molar-refractivity contribution is 6.02. The van der Waals surface area contributed by atoms with E-state index < -0.39 is 5.97 Å². The van der Waals surface area contributed by atoms with Crippen LogP contribution < -0.4 is 10.2 Å². The first-order valence-electron chi connectivity index (χ1n) is 9.67. The third-order valence-electron chi connectivity index (χ3n) is 4.64. The van der Waals surface area contributed by atoms with Gasteiger partial charge in [-0.05, 0) is 48.9 Å². The number of para-hydroxylation sites is 1. The normalized spacial score (nSPS) is 10.7. The first-order chi connectivity index (χ1) is 14.7. The minimum absolute atomic E-state index is 0.221. The van der Waals surface area contributed by atoms with Crippen LogP contribution in [0.2, 0.25) is 0 Å². The van der Waals surface area contributed by atoms with Gasteiger partial charge in [-0.25, -0.2) is 4.79 Å². The smallest absolute Gasteiger partial charge is 0.341 e. The fourth-order valence-electron chi connectivity index (χ4n) is 3.15. The SMILES string of the molecule is CCOC(=O)c1cccc2c(=O)cc(-c3ccc(OCc4ccccc4)cc3)oc12. The van der Waals surface area contributed by atoms with Crippen molar-refractivity contribution in [3.63, 3.8) is 0 Å². The summed E-state index contributed by atoms with van der Waals surface area (Å²) in [6.07, 6.45) is 0. The summed E-state index contributed by atoms with van der Waals surface area (Å²) in [4.78, 5) is 24.8. The first-order valence-corrected chi connectivity index (χ1v) is 9.67. The van der Waals surface area contributed by atoms with Crippen LogP contribution in [0.5, 0.6) is 5.75 Å². The number of carbonyl (C=O) groups is 1. The highest BCUT2D eigenvalue weighted by atomic mass is 16.5. The Morgan fingerprint density at radius 2 is 1.70 bits per heavy atom. The molecule has 0 N–H and O–H groups in total. The average molecular weight is 400 g/mol. The molecular weight excluding hydrogens is 380 g/mol. The molecule has 0 unspecified atom stereocenters. The van der Waals surface area contributed by atoms with Crippen LogP contribution in [0.15, 0.2) is 88.1 Å². The van der Waals surface area contributed by atoms with Gasteiger partial charge in [0.05, 0.1) is 12.0 Å². The van der Waals surface area contributed by atoms with E-state index in [9.17, 15) is 9.59 Å². The molecule has 150 valence electrons. The third-order valence-corrected chi connectivity index (χ3v) is 4.64. The zero-order chi connectivity index (χ0) is 20.9. The number of hydrogen-bond donors (Lipinski definition) is 0. The molecule has 0 fully saturated rings. The van der Waals surface area contributed by atoms with Gasteiger partial charge in [-0.1, -0.05) is 36.4 Å². The molecule has 1 heterocycles. The predicted molar refractivity (Wildman–Crippen MR) is 115 cm³/mol. The van der Waals surface area contributed by atoms with Gasteiger partial charge in [-0.3, -0.25) is 4.79 Å². The zero-order valence-corrected chi connectivity index (χ0v) is 16.5. The van der Waals surface area contributed by atoms with Gasteiger partial charge < -0.3 is 13.9 Å². The Morgan fingerprint density at radius 1 is 0.933 bits per heavy atom. The van der Waals surface area contributed by atoms with Crippen molar-refractivity contribution < 1.29 is 18.7 Å². The Morgan fingerprint density at radius 3 is 2.43 bits per heavy atom. The number of ether oxygens (including phenoxy) is 2. The van der Waals surface area contributed by atoms with Crippen molar-refractivity contribution in [1.82, 2.24) is 0 Å². The largest absolute Gasteiger partial charge is 0.489 e. The molecular formula is C25H20O5. The van der Waals surface area contributed by atoms with Gasteiger partial charge in [0, 0.05) is 11.6 Å². The van der Waals surface area contributed by atoms with Crippen LogP contribution in [0.4, 0.5) is 0 Å². The minimum Gasteiger partial charge on any atom is -0.489 e. The molecule has 1 aromatic heterocycles. The Balaban J connectivity index is 1.63. The molecule has 0 saturated heterocycles. The standard InChI is InChI=1S/C25H20O5/c1-2-28-25(27)21-10-6-9-20-22(26)15-23(30-24(20)21)18-11-13-19(14-12-18)29-16-17-7-4-3-5-8-17/h3-15H,2,16H2,1H3. The maximum absolute atomic E-state index is 12.6. The molecule has 0 saturated carbocycles. The highest BCUT2D eigenvalue weighted by Gasteiger charge is 2.16. The summed E-state index contributed by atoms with van der Waals surface area (Å²) in [5.41, 5.74) is 2.02. The second-order valence-corrected chi connectivity index (χ2v) is 6.68. The lowest BCUT2D eigenvalue weighted by molar-refractivity contribution is 0.0527. The Kier molecular flexibility index (Phi) is 5.61. The Bertz CT molecular complexity index is 1220. The van der Waals surface area contributed by atoms with Gasteiger partial charge >= 0.3 is 5.97 Å². The van der Waals surface area contributed by atoms with Gasteiger partial charge in [0.25, 0.3) is 0 Å². The molecule has 0 aliphatic heterocycles. The van der Waals surface area contributed by atoms with E-state index in [1.54, 1.807) is 25.1 Å².